The number of hydrogen-bond donors (Lipinski definition) is 0. The van der Waals surface area contributed by atoms with Crippen LogP contribution in [0.4, 0.5) is 0 Å². The fourth-order valence-corrected chi connectivity index (χ4v) is 0.500. The van der Waals surface area contributed by atoms with Gasteiger partial charge in [0.2, 0.25) is 0 Å². The Kier molecular flexibility index (Phi) is 31.6. The second-order valence-corrected chi connectivity index (χ2v) is 1.71. The Bertz CT molecular complexity index is 18.5. The summed E-state index contributed by atoms with van der Waals surface area (Å²) in [4.78, 5) is 0. The summed E-state index contributed by atoms with van der Waals surface area (Å²) in [6.07, 6.45) is 5.54. The molecule has 0 aromatic heterocycles. The van der Waals surface area contributed by atoms with Crippen molar-refractivity contribution in [3.8, 4) is 0 Å². The number of hydrogen-bond acceptors (Lipinski definition) is 0. The van der Waals surface area contributed by atoms with E-state index in [1.165, 1.54) is 25.7 Å². The summed E-state index contributed by atoms with van der Waals surface area (Å²) in [6, 6.07) is 0. The van der Waals surface area contributed by atoms with Crippen LogP contribution < -0.4 is 0 Å². The van der Waals surface area contributed by atoms with E-state index in [0.717, 1.165) is 0 Å². The van der Waals surface area contributed by atoms with Gasteiger partial charge in [-0.3, -0.25) is 0 Å². The SMILES string of the molecule is CCCCCC.[LiH].[LiH]. The van der Waals surface area contributed by atoms with Crippen LogP contribution in [0.15, 0.2) is 0 Å². The van der Waals surface area contributed by atoms with Crippen molar-refractivity contribution < 1.29 is 0 Å². The van der Waals surface area contributed by atoms with E-state index in [1.807, 2.05) is 0 Å². The second kappa shape index (κ2) is 15.7. The third kappa shape index (κ3) is 15.7. The van der Waals surface area contributed by atoms with Gasteiger partial charge in [0.05, 0.1) is 0 Å². The molecule has 0 radical (unpaired) electrons. The third-order valence-corrected chi connectivity index (χ3v) is 0.957. The summed E-state index contributed by atoms with van der Waals surface area (Å²) in [5.41, 5.74) is 0. The Hall–Kier alpha value is 1.19. The molecule has 0 saturated carbocycles. The van der Waals surface area contributed by atoms with Gasteiger partial charge in [-0.1, -0.05) is 39.5 Å². The second-order valence-electron chi connectivity index (χ2n) is 1.71. The van der Waals surface area contributed by atoms with Crippen LogP contribution in [0.5, 0.6) is 0 Å². The average Bonchev–Trinajstić information content (AvgIpc) is 1.61. The molecule has 0 amide bonds. The zero-order valence-electron chi connectivity index (χ0n) is 4.83. The average molecular weight is 102 g/mol. The molecule has 0 bridgehead atoms. The van der Waals surface area contributed by atoms with E-state index in [0.29, 0.717) is 0 Å². The van der Waals surface area contributed by atoms with Crippen molar-refractivity contribution in [3.05, 3.63) is 0 Å². The monoisotopic (exact) mass is 102 g/mol. The molecule has 0 saturated heterocycles. The van der Waals surface area contributed by atoms with Crippen molar-refractivity contribution in [2.45, 2.75) is 39.5 Å². The van der Waals surface area contributed by atoms with Crippen LogP contribution >= 0.6 is 0 Å². The fraction of sp³-hybridized carbons (Fsp3) is 1.00. The first-order valence-electron chi connectivity index (χ1n) is 2.91. The zero-order valence-corrected chi connectivity index (χ0v) is 4.83. The molecular weight excluding hydrogens is 85.9 g/mol. The molecule has 0 aromatic carbocycles. The van der Waals surface area contributed by atoms with Gasteiger partial charge in [-0.2, -0.15) is 0 Å². The molecular formula is C6H16Li2. The molecule has 0 aliphatic rings. The molecule has 0 rings (SSSR count). The minimum atomic E-state index is 0. The van der Waals surface area contributed by atoms with Crippen LogP contribution in [0.1, 0.15) is 39.5 Å². The molecule has 0 atom stereocenters. The van der Waals surface area contributed by atoms with E-state index >= 15 is 0 Å². The maximum atomic E-state index is 2.23. The van der Waals surface area contributed by atoms with Gasteiger partial charge in [-0.15, -0.1) is 0 Å². The molecule has 0 unspecified atom stereocenters. The summed E-state index contributed by atoms with van der Waals surface area (Å²) in [5.74, 6) is 0. The van der Waals surface area contributed by atoms with Gasteiger partial charge in [0, 0.05) is 0 Å². The van der Waals surface area contributed by atoms with E-state index in [9.17, 15) is 0 Å². The van der Waals surface area contributed by atoms with Gasteiger partial charge < -0.3 is 0 Å². The molecule has 8 heavy (non-hydrogen) atoms. The van der Waals surface area contributed by atoms with Crippen LogP contribution in [0.3, 0.4) is 0 Å². The first kappa shape index (κ1) is 16.1. The summed E-state index contributed by atoms with van der Waals surface area (Å²) < 4.78 is 0. The van der Waals surface area contributed by atoms with Crippen molar-refractivity contribution in [1.29, 1.82) is 0 Å². The van der Waals surface area contributed by atoms with Gasteiger partial charge in [-0.05, 0) is 0 Å². The predicted molar refractivity (Wildman–Crippen MR) is 44.1 cm³/mol. The van der Waals surface area contributed by atoms with Crippen molar-refractivity contribution in [3.63, 3.8) is 0 Å². The van der Waals surface area contributed by atoms with E-state index in [1.54, 1.807) is 0 Å². The number of rotatable bonds is 3. The Morgan fingerprint density at radius 1 is 0.750 bits per heavy atom. The molecule has 2 heteroatoms. The molecule has 42 valence electrons. The van der Waals surface area contributed by atoms with E-state index < -0.39 is 0 Å². The Morgan fingerprint density at radius 3 is 1.12 bits per heavy atom. The summed E-state index contributed by atoms with van der Waals surface area (Å²) >= 11 is 0. The standard InChI is InChI=1S/C6H14.2Li.2H/c1-3-5-6-4-2;;;;/h3-6H2,1-2H3;;;;. The van der Waals surface area contributed by atoms with Crippen LogP contribution in [0, 0.1) is 0 Å². The minimum absolute atomic E-state index is 0. The van der Waals surface area contributed by atoms with E-state index in [4.69, 9.17) is 0 Å². The van der Waals surface area contributed by atoms with Gasteiger partial charge >= 0.3 is 37.7 Å². The van der Waals surface area contributed by atoms with Crippen molar-refractivity contribution in [2.24, 2.45) is 0 Å². The molecule has 0 spiro atoms. The van der Waals surface area contributed by atoms with Gasteiger partial charge in [0.25, 0.3) is 0 Å². The zero-order chi connectivity index (χ0) is 4.83. The van der Waals surface area contributed by atoms with Crippen molar-refractivity contribution >= 4 is 37.7 Å². The van der Waals surface area contributed by atoms with E-state index in [2.05, 4.69) is 13.8 Å². The molecule has 0 N–H and O–H groups in total. The van der Waals surface area contributed by atoms with Gasteiger partial charge in [0.1, 0.15) is 0 Å². The van der Waals surface area contributed by atoms with Gasteiger partial charge in [0.15, 0.2) is 0 Å². The molecule has 0 aliphatic heterocycles. The molecule has 0 aliphatic carbocycles. The molecule has 0 heterocycles. The summed E-state index contributed by atoms with van der Waals surface area (Å²) in [7, 11) is 0. The quantitative estimate of drug-likeness (QED) is 0.372. The van der Waals surface area contributed by atoms with Gasteiger partial charge in [-0.25, -0.2) is 0 Å². The summed E-state index contributed by atoms with van der Waals surface area (Å²) in [5, 5.41) is 0. The van der Waals surface area contributed by atoms with Crippen molar-refractivity contribution in [1.82, 2.24) is 0 Å². The van der Waals surface area contributed by atoms with Crippen LogP contribution in [0.25, 0.3) is 0 Å². The molecule has 0 aromatic rings. The first-order valence-corrected chi connectivity index (χ1v) is 2.91. The van der Waals surface area contributed by atoms with Crippen molar-refractivity contribution in [2.75, 3.05) is 0 Å². The molecule has 0 fully saturated rings. The summed E-state index contributed by atoms with van der Waals surface area (Å²) in [6.45, 7) is 4.46. The van der Waals surface area contributed by atoms with Crippen LogP contribution in [-0.4, -0.2) is 37.7 Å². The fourth-order valence-electron chi connectivity index (χ4n) is 0.500. The van der Waals surface area contributed by atoms with E-state index in [-0.39, 0.29) is 37.7 Å². The normalized spacial score (nSPS) is 6.75. The predicted octanol–water partition coefficient (Wildman–Crippen LogP) is 1.29. The topological polar surface area (TPSA) is 0 Å². The Labute approximate surface area is 77.2 Å². The number of unbranched alkanes of at least 4 members (excludes halogenated alkanes) is 3. The third-order valence-electron chi connectivity index (χ3n) is 0.957. The molecule has 0 nitrogen and oxygen atoms in total. The Balaban J connectivity index is -0.000000125. The van der Waals surface area contributed by atoms with Crippen LogP contribution in [-0.2, 0) is 0 Å². The maximum absolute atomic E-state index is 2.23. The Morgan fingerprint density at radius 2 is 1.00 bits per heavy atom. The first-order chi connectivity index (χ1) is 2.91. The van der Waals surface area contributed by atoms with Crippen LogP contribution in [0.2, 0.25) is 0 Å².